The van der Waals surface area contributed by atoms with E-state index >= 15 is 0 Å². The molecule has 4 aromatic rings. The Bertz CT molecular complexity index is 1220. The number of nitrogens with zero attached hydrogens (tertiary/aromatic N) is 1. The summed E-state index contributed by atoms with van der Waals surface area (Å²) in [5, 5.41) is 2.91. The number of carbonyl (C=O) groups is 1. The highest BCUT2D eigenvalue weighted by Crippen LogP contribution is 2.19. The molecular weight excluding hydrogens is 443 g/mol. The van der Waals surface area contributed by atoms with Crippen LogP contribution in [0.2, 0.25) is 0 Å². The van der Waals surface area contributed by atoms with E-state index in [2.05, 4.69) is 10.2 Å². The summed E-state index contributed by atoms with van der Waals surface area (Å²) in [4.78, 5) is 14.7. The zero-order chi connectivity index (χ0) is 24.5. The van der Waals surface area contributed by atoms with Crippen molar-refractivity contribution in [2.24, 2.45) is 0 Å². The number of ether oxygens (including phenoxy) is 1. The zero-order valence-electron chi connectivity index (χ0n) is 19.7. The van der Waals surface area contributed by atoms with Crippen molar-refractivity contribution in [3.05, 3.63) is 125 Å². The van der Waals surface area contributed by atoms with Crippen LogP contribution in [0.5, 0.6) is 5.75 Å². The fourth-order valence-electron chi connectivity index (χ4n) is 3.91. The molecule has 0 bridgehead atoms. The highest BCUT2D eigenvalue weighted by molar-refractivity contribution is 5.91. The van der Waals surface area contributed by atoms with Gasteiger partial charge in [-0.15, -0.1) is 0 Å². The Hall–Kier alpha value is -3.90. The molecule has 4 rings (SSSR count). The van der Waals surface area contributed by atoms with Crippen LogP contribution in [0.15, 0.2) is 95.4 Å². The number of furan rings is 1. The molecule has 1 N–H and O–H groups in total. The first-order chi connectivity index (χ1) is 17.1. The summed E-state index contributed by atoms with van der Waals surface area (Å²) >= 11 is 0. The first-order valence-corrected chi connectivity index (χ1v) is 11.6. The van der Waals surface area contributed by atoms with Gasteiger partial charge in [-0.25, -0.2) is 4.39 Å². The Morgan fingerprint density at radius 3 is 2.34 bits per heavy atom. The monoisotopic (exact) mass is 472 g/mol. The number of rotatable bonds is 11. The summed E-state index contributed by atoms with van der Waals surface area (Å²) in [5.41, 5.74) is 3.12. The standard InChI is InChI=1S/C29H29FN2O3/c1-34-26-12-10-23(11-13-26)19-32(20-24-8-5-9-25(30)18-24)21-27-14-15-28(35-27)29(33)31-17-16-22-6-3-2-4-7-22/h2-15,18H,16-17,19-21H2,1H3,(H,31,33). The molecule has 1 heterocycles. The van der Waals surface area contributed by atoms with Crippen molar-refractivity contribution in [1.82, 2.24) is 10.2 Å². The van der Waals surface area contributed by atoms with E-state index in [9.17, 15) is 9.18 Å². The molecule has 0 spiro atoms. The second kappa shape index (κ2) is 12.0. The van der Waals surface area contributed by atoms with E-state index in [0.29, 0.717) is 31.9 Å². The van der Waals surface area contributed by atoms with Crippen molar-refractivity contribution < 1.29 is 18.3 Å². The van der Waals surface area contributed by atoms with Crippen LogP contribution >= 0.6 is 0 Å². The summed E-state index contributed by atoms with van der Waals surface area (Å²) in [7, 11) is 1.64. The zero-order valence-corrected chi connectivity index (χ0v) is 19.7. The fraction of sp³-hybridized carbons (Fsp3) is 0.207. The molecule has 0 aliphatic rings. The topological polar surface area (TPSA) is 54.7 Å². The van der Waals surface area contributed by atoms with E-state index in [0.717, 1.165) is 23.3 Å². The second-order valence-corrected chi connectivity index (χ2v) is 8.38. The predicted molar refractivity (Wildman–Crippen MR) is 134 cm³/mol. The number of methoxy groups -OCH3 is 1. The average Bonchev–Trinajstić information content (AvgIpc) is 3.34. The summed E-state index contributed by atoms with van der Waals surface area (Å²) in [5.74, 6) is 1.24. The molecule has 0 saturated carbocycles. The summed E-state index contributed by atoms with van der Waals surface area (Å²) in [6.07, 6.45) is 0.753. The van der Waals surface area contributed by atoms with E-state index < -0.39 is 0 Å². The van der Waals surface area contributed by atoms with Gasteiger partial charge in [0.25, 0.3) is 5.91 Å². The predicted octanol–water partition coefficient (Wildman–Crippen LogP) is 5.60. The largest absolute Gasteiger partial charge is 0.497 e. The molecule has 0 atom stereocenters. The van der Waals surface area contributed by atoms with Crippen molar-refractivity contribution in [2.75, 3.05) is 13.7 Å². The van der Waals surface area contributed by atoms with Crippen LogP contribution in [0.4, 0.5) is 4.39 Å². The molecule has 0 aliphatic carbocycles. The number of carbonyl (C=O) groups excluding carboxylic acids is 1. The smallest absolute Gasteiger partial charge is 0.287 e. The van der Waals surface area contributed by atoms with Crippen molar-refractivity contribution in [3.63, 3.8) is 0 Å². The maximum atomic E-state index is 13.8. The Morgan fingerprint density at radius 2 is 1.60 bits per heavy atom. The van der Waals surface area contributed by atoms with E-state index in [1.807, 2.05) is 66.7 Å². The van der Waals surface area contributed by atoms with Crippen LogP contribution in [-0.4, -0.2) is 24.5 Å². The highest BCUT2D eigenvalue weighted by atomic mass is 19.1. The van der Waals surface area contributed by atoms with Crippen LogP contribution in [0.25, 0.3) is 0 Å². The molecule has 3 aromatic carbocycles. The summed E-state index contributed by atoms with van der Waals surface area (Å²) < 4.78 is 24.9. The number of nitrogens with one attached hydrogen (secondary N) is 1. The number of hydrogen-bond acceptors (Lipinski definition) is 4. The van der Waals surface area contributed by atoms with Crippen molar-refractivity contribution in [3.8, 4) is 5.75 Å². The Labute approximate surface area is 205 Å². The number of hydrogen-bond donors (Lipinski definition) is 1. The van der Waals surface area contributed by atoms with Crippen LogP contribution in [-0.2, 0) is 26.1 Å². The van der Waals surface area contributed by atoms with E-state index in [4.69, 9.17) is 9.15 Å². The van der Waals surface area contributed by atoms with Gasteiger partial charge in [-0.2, -0.15) is 0 Å². The number of benzene rings is 3. The van der Waals surface area contributed by atoms with Gasteiger partial charge in [0.1, 0.15) is 17.3 Å². The molecule has 0 saturated heterocycles. The lowest BCUT2D eigenvalue weighted by atomic mass is 10.1. The first kappa shape index (κ1) is 24.2. The molecule has 1 aromatic heterocycles. The molecule has 1 amide bonds. The normalized spacial score (nSPS) is 10.9. The minimum atomic E-state index is -0.264. The number of amides is 1. The maximum Gasteiger partial charge on any atom is 0.287 e. The van der Waals surface area contributed by atoms with E-state index in [-0.39, 0.29) is 17.5 Å². The van der Waals surface area contributed by atoms with Gasteiger partial charge in [0.05, 0.1) is 13.7 Å². The van der Waals surface area contributed by atoms with Crippen molar-refractivity contribution in [2.45, 2.75) is 26.1 Å². The lowest BCUT2D eigenvalue weighted by molar-refractivity contribution is 0.0922. The molecule has 5 nitrogen and oxygen atoms in total. The maximum absolute atomic E-state index is 13.8. The summed E-state index contributed by atoms with van der Waals surface area (Å²) in [6.45, 7) is 2.16. The SMILES string of the molecule is COc1ccc(CN(Cc2cccc(F)c2)Cc2ccc(C(=O)NCCc3ccccc3)o2)cc1. The minimum Gasteiger partial charge on any atom is -0.497 e. The molecule has 0 radical (unpaired) electrons. The minimum absolute atomic E-state index is 0.237. The average molecular weight is 473 g/mol. The van der Waals surface area contributed by atoms with Crippen LogP contribution < -0.4 is 10.1 Å². The van der Waals surface area contributed by atoms with Crippen LogP contribution in [0.3, 0.4) is 0 Å². The Morgan fingerprint density at radius 1 is 0.857 bits per heavy atom. The third-order valence-corrected chi connectivity index (χ3v) is 5.67. The molecule has 0 unspecified atom stereocenters. The first-order valence-electron chi connectivity index (χ1n) is 11.6. The molecule has 180 valence electrons. The van der Waals surface area contributed by atoms with Gasteiger partial charge in [-0.3, -0.25) is 9.69 Å². The molecule has 0 aliphatic heterocycles. The molecule has 0 fully saturated rings. The lowest BCUT2D eigenvalue weighted by Crippen LogP contribution is -2.25. The highest BCUT2D eigenvalue weighted by Gasteiger charge is 2.15. The van der Waals surface area contributed by atoms with Gasteiger partial charge >= 0.3 is 0 Å². The van der Waals surface area contributed by atoms with Gasteiger partial charge in [0, 0.05) is 19.6 Å². The van der Waals surface area contributed by atoms with Crippen LogP contribution in [0.1, 0.15) is 33.0 Å². The van der Waals surface area contributed by atoms with Gasteiger partial charge in [0.15, 0.2) is 5.76 Å². The van der Waals surface area contributed by atoms with E-state index in [1.165, 1.54) is 17.7 Å². The molecular formula is C29H29FN2O3. The molecule has 6 heteroatoms. The van der Waals surface area contributed by atoms with Gasteiger partial charge < -0.3 is 14.5 Å². The van der Waals surface area contributed by atoms with Crippen LogP contribution in [0, 0.1) is 5.82 Å². The van der Waals surface area contributed by atoms with Crippen molar-refractivity contribution >= 4 is 5.91 Å². The fourth-order valence-corrected chi connectivity index (χ4v) is 3.91. The van der Waals surface area contributed by atoms with Gasteiger partial charge in [0.2, 0.25) is 0 Å². The Kier molecular flexibility index (Phi) is 8.30. The van der Waals surface area contributed by atoms with Gasteiger partial charge in [-0.05, 0) is 59.5 Å². The third-order valence-electron chi connectivity index (χ3n) is 5.67. The number of halogens is 1. The quantitative estimate of drug-likeness (QED) is 0.309. The van der Waals surface area contributed by atoms with Crippen molar-refractivity contribution in [1.29, 1.82) is 0 Å². The van der Waals surface area contributed by atoms with E-state index in [1.54, 1.807) is 19.2 Å². The van der Waals surface area contributed by atoms with Gasteiger partial charge in [-0.1, -0.05) is 54.6 Å². The summed E-state index contributed by atoms with van der Waals surface area (Å²) in [6, 6.07) is 27.9. The molecule has 35 heavy (non-hydrogen) atoms. The lowest BCUT2D eigenvalue weighted by Gasteiger charge is -2.22. The second-order valence-electron chi connectivity index (χ2n) is 8.38. The Balaban J connectivity index is 1.40. The third kappa shape index (κ3) is 7.29.